The summed E-state index contributed by atoms with van der Waals surface area (Å²) in [7, 11) is 0. The average Bonchev–Trinajstić information content (AvgIpc) is 2.78. The van der Waals surface area contributed by atoms with Gasteiger partial charge in [0.1, 0.15) is 18.2 Å². The van der Waals surface area contributed by atoms with Gasteiger partial charge in [0.15, 0.2) is 0 Å². The van der Waals surface area contributed by atoms with Crippen molar-refractivity contribution in [3.8, 4) is 5.75 Å². The molecule has 96 valence electrons. The molecule has 3 nitrogen and oxygen atoms in total. The third-order valence-corrected chi connectivity index (χ3v) is 3.19. The Morgan fingerprint density at radius 3 is 3.06 bits per heavy atom. The Morgan fingerprint density at radius 2 is 2.28 bits per heavy atom. The maximum absolute atomic E-state index is 13.1. The third kappa shape index (κ3) is 3.10. The van der Waals surface area contributed by atoms with Crippen molar-refractivity contribution in [2.75, 3.05) is 0 Å². The molecular weight excluding hydrogens is 299 g/mol. The summed E-state index contributed by atoms with van der Waals surface area (Å²) >= 11 is 3.33. The summed E-state index contributed by atoms with van der Waals surface area (Å²) in [6.45, 7) is 3.39. The lowest BCUT2D eigenvalue weighted by Gasteiger charge is -2.10. The number of nitrogens with zero attached hydrogens (tertiary/aromatic N) is 2. The number of aryl methyl sites for hydroxylation is 1. The van der Waals surface area contributed by atoms with Gasteiger partial charge in [-0.1, -0.05) is 6.92 Å². The number of rotatable bonds is 5. The number of aromatic nitrogens is 2. The van der Waals surface area contributed by atoms with Gasteiger partial charge < -0.3 is 9.30 Å². The van der Waals surface area contributed by atoms with Crippen molar-refractivity contribution < 1.29 is 9.13 Å². The van der Waals surface area contributed by atoms with Gasteiger partial charge >= 0.3 is 0 Å². The molecule has 0 aliphatic rings. The number of hydrogen-bond acceptors (Lipinski definition) is 2. The van der Waals surface area contributed by atoms with Gasteiger partial charge in [0.2, 0.25) is 0 Å². The molecule has 2 aromatic rings. The minimum absolute atomic E-state index is 0.310. The van der Waals surface area contributed by atoms with E-state index in [0.29, 0.717) is 12.4 Å². The normalized spacial score (nSPS) is 10.6. The van der Waals surface area contributed by atoms with Gasteiger partial charge in [-0.3, -0.25) is 0 Å². The van der Waals surface area contributed by atoms with E-state index in [1.165, 1.54) is 12.1 Å². The van der Waals surface area contributed by atoms with Gasteiger partial charge in [0.25, 0.3) is 0 Å². The fourth-order valence-electron chi connectivity index (χ4n) is 1.65. The second kappa shape index (κ2) is 6.00. The van der Waals surface area contributed by atoms with Gasteiger partial charge in [0.05, 0.1) is 22.7 Å². The van der Waals surface area contributed by atoms with Crippen LogP contribution in [0.4, 0.5) is 4.39 Å². The van der Waals surface area contributed by atoms with Crippen LogP contribution < -0.4 is 4.74 Å². The highest BCUT2D eigenvalue weighted by atomic mass is 79.9. The summed E-state index contributed by atoms with van der Waals surface area (Å²) in [5.41, 5.74) is 0.980. The van der Waals surface area contributed by atoms with Crippen LogP contribution in [0.1, 0.15) is 19.0 Å². The largest absolute Gasteiger partial charge is 0.486 e. The first kappa shape index (κ1) is 13.1. The van der Waals surface area contributed by atoms with E-state index in [0.717, 1.165) is 23.1 Å². The lowest BCUT2D eigenvalue weighted by atomic mass is 10.3. The van der Waals surface area contributed by atoms with Crippen molar-refractivity contribution in [2.45, 2.75) is 26.5 Å². The summed E-state index contributed by atoms with van der Waals surface area (Å²) in [4.78, 5) is 4.09. The van der Waals surface area contributed by atoms with E-state index < -0.39 is 0 Å². The zero-order valence-electron chi connectivity index (χ0n) is 10.1. The number of ether oxygens (including phenoxy) is 1. The SMILES string of the molecule is CCCn1cncc1COc1cc(F)ccc1Br. The van der Waals surface area contributed by atoms with Crippen molar-refractivity contribution in [1.29, 1.82) is 0 Å². The third-order valence-electron chi connectivity index (χ3n) is 2.53. The van der Waals surface area contributed by atoms with Gasteiger partial charge in [-0.05, 0) is 34.5 Å². The van der Waals surface area contributed by atoms with Crippen LogP contribution in [-0.2, 0) is 13.2 Å². The number of imidazole rings is 1. The Kier molecular flexibility index (Phi) is 4.36. The first-order valence-electron chi connectivity index (χ1n) is 5.77. The minimum Gasteiger partial charge on any atom is -0.486 e. The van der Waals surface area contributed by atoms with Crippen LogP contribution in [0.5, 0.6) is 5.75 Å². The van der Waals surface area contributed by atoms with Crippen LogP contribution in [0.3, 0.4) is 0 Å². The van der Waals surface area contributed by atoms with Crippen molar-refractivity contribution in [1.82, 2.24) is 9.55 Å². The van der Waals surface area contributed by atoms with Crippen molar-refractivity contribution in [3.05, 3.63) is 46.7 Å². The topological polar surface area (TPSA) is 27.1 Å². The molecular formula is C13H14BrFN2O. The van der Waals surface area contributed by atoms with E-state index in [-0.39, 0.29) is 5.82 Å². The molecule has 0 fully saturated rings. The molecule has 18 heavy (non-hydrogen) atoms. The quantitative estimate of drug-likeness (QED) is 0.840. The first-order valence-corrected chi connectivity index (χ1v) is 6.57. The van der Waals surface area contributed by atoms with Crippen LogP contribution in [0.25, 0.3) is 0 Å². The van der Waals surface area contributed by atoms with Crippen LogP contribution in [-0.4, -0.2) is 9.55 Å². The molecule has 0 aliphatic heterocycles. The molecule has 0 saturated heterocycles. The second-order valence-electron chi connectivity index (χ2n) is 3.94. The Balaban J connectivity index is 2.06. The Morgan fingerprint density at radius 1 is 1.44 bits per heavy atom. The number of hydrogen-bond donors (Lipinski definition) is 0. The number of benzene rings is 1. The Bertz CT molecular complexity index is 527. The number of halogens is 2. The molecule has 0 radical (unpaired) electrons. The standard InChI is InChI=1S/C13H14BrFN2O/c1-2-5-17-9-16-7-11(17)8-18-13-6-10(15)3-4-12(13)14/h3-4,6-7,9H,2,5,8H2,1H3. The maximum Gasteiger partial charge on any atom is 0.136 e. The molecule has 0 unspecified atom stereocenters. The predicted molar refractivity (Wildman–Crippen MR) is 71.0 cm³/mol. The molecule has 0 bridgehead atoms. The zero-order valence-corrected chi connectivity index (χ0v) is 11.7. The fourth-order valence-corrected chi connectivity index (χ4v) is 2.01. The molecule has 1 aromatic carbocycles. The first-order chi connectivity index (χ1) is 8.70. The monoisotopic (exact) mass is 312 g/mol. The van der Waals surface area contributed by atoms with Crippen molar-refractivity contribution >= 4 is 15.9 Å². The molecule has 0 atom stereocenters. The van der Waals surface area contributed by atoms with Gasteiger partial charge in [-0.2, -0.15) is 0 Å². The van der Waals surface area contributed by atoms with Crippen molar-refractivity contribution in [3.63, 3.8) is 0 Å². The molecule has 0 aliphatic carbocycles. The smallest absolute Gasteiger partial charge is 0.136 e. The molecule has 2 rings (SSSR count). The zero-order chi connectivity index (χ0) is 13.0. The molecule has 0 spiro atoms. The molecule has 5 heteroatoms. The molecule has 0 amide bonds. The van der Waals surface area contributed by atoms with Crippen molar-refractivity contribution in [2.24, 2.45) is 0 Å². The highest BCUT2D eigenvalue weighted by Gasteiger charge is 2.06. The van der Waals surface area contributed by atoms with E-state index in [1.54, 1.807) is 18.6 Å². The predicted octanol–water partition coefficient (Wildman–Crippen LogP) is 3.77. The highest BCUT2D eigenvalue weighted by Crippen LogP contribution is 2.26. The Labute approximate surface area is 114 Å². The van der Waals surface area contributed by atoms with Crippen LogP contribution in [0.2, 0.25) is 0 Å². The summed E-state index contributed by atoms with van der Waals surface area (Å²) < 4.78 is 21.5. The van der Waals surface area contributed by atoms with Gasteiger partial charge in [-0.25, -0.2) is 9.37 Å². The molecule has 0 N–H and O–H groups in total. The van der Waals surface area contributed by atoms with E-state index in [1.807, 2.05) is 4.57 Å². The molecule has 0 saturated carbocycles. The fraction of sp³-hybridized carbons (Fsp3) is 0.308. The lowest BCUT2D eigenvalue weighted by Crippen LogP contribution is -2.05. The van der Waals surface area contributed by atoms with E-state index in [4.69, 9.17) is 4.74 Å². The Hall–Kier alpha value is -1.36. The summed E-state index contributed by atoms with van der Waals surface area (Å²) in [6, 6.07) is 4.39. The van der Waals surface area contributed by atoms with Crippen LogP contribution in [0, 0.1) is 5.82 Å². The van der Waals surface area contributed by atoms with Gasteiger partial charge in [0, 0.05) is 12.6 Å². The van der Waals surface area contributed by atoms with Crippen LogP contribution >= 0.6 is 15.9 Å². The van der Waals surface area contributed by atoms with E-state index in [2.05, 4.69) is 27.8 Å². The molecule has 1 heterocycles. The minimum atomic E-state index is -0.310. The lowest BCUT2D eigenvalue weighted by molar-refractivity contribution is 0.291. The highest BCUT2D eigenvalue weighted by molar-refractivity contribution is 9.10. The second-order valence-corrected chi connectivity index (χ2v) is 4.80. The summed E-state index contributed by atoms with van der Waals surface area (Å²) in [5.74, 6) is 0.189. The summed E-state index contributed by atoms with van der Waals surface area (Å²) in [6.07, 6.45) is 4.58. The van der Waals surface area contributed by atoms with Gasteiger partial charge in [-0.15, -0.1) is 0 Å². The molecule has 1 aromatic heterocycles. The van der Waals surface area contributed by atoms with E-state index in [9.17, 15) is 4.39 Å². The van der Waals surface area contributed by atoms with E-state index >= 15 is 0 Å². The summed E-state index contributed by atoms with van der Waals surface area (Å²) in [5, 5.41) is 0. The maximum atomic E-state index is 13.1. The van der Waals surface area contributed by atoms with Crippen LogP contribution in [0.15, 0.2) is 35.2 Å². The average molecular weight is 313 g/mol.